The number of rotatable bonds is 11. The molecule has 2 bridgehead atoms. The van der Waals surface area contributed by atoms with Gasteiger partial charge in [0.1, 0.15) is 17.4 Å². The molecular formula is C42H50F2N12O5. The van der Waals surface area contributed by atoms with Crippen molar-refractivity contribution < 1.29 is 27.9 Å². The largest absolute Gasteiger partial charge is 0.374 e. The molecule has 61 heavy (non-hydrogen) atoms. The fourth-order valence-corrected chi connectivity index (χ4v) is 10.3. The topological polar surface area (TPSA) is 169 Å². The van der Waals surface area contributed by atoms with E-state index in [1.807, 2.05) is 24.3 Å². The monoisotopic (exact) mass is 840 g/mol. The molecule has 8 heterocycles. The molecule has 1 unspecified atom stereocenters. The molecular weight excluding hydrogens is 791 g/mol. The number of hydrogen-bond acceptors (Lipinski definition) is 11. The molecule has 4 aromatic heterocycles. The second kappa shape index (κ2) is 16.1. The average Bonchev–Trinajstić information content (AvgIpc) is 4.11. The molecule has 4 aliphatic heterocycles. The third-order valence-corrected chi connectivity index (χ3v) is 13.6. The van der Waals surface area contributed by atoms with Crippen LogP contribution in [0.4, 0.5) is 20.3 Å². The summed E-state index contributed by atoms with van der Waals surface area (Å²) in [5, 5.41) is 13.7. The van der Waals surface area contributed by atoms with E-state index in [-0.39, 0.29) is 47.5 Å². The van der Waals surface area contributed by atoms with Crippen molar-refractivity contribution in [3.63, 3.8) is 0 Å². The number of halogens is 2. The molecule has 10 rings (SSSR count). The van der Waals surface area contributed by atoms with E-state index in [4.69, 9.17) is 9.72 Å². The van der Waals surface area contributed by atoms with E-state index in [2.05, 4.69) is 35.5 Å². The van der Waals surface area contributed by atoms with Crippen LogP contribution >= 0.6 is 0 Å². The SMILES string of the molecule is Cn1c(=O)n(C2CCC(=O)NC2=O)c2cccc(CN3CCN(CCC4CCC(n5cc(NC(=O)c6cnn7ccc(N8C[C@H]9C[C@@H]8CO9)nc67)c(C(F)F)n5)CC4)CC3)c21. The molecule has 2 N–H and O–H groups in total. The molecule has 1 saturated carbocycles. The van der Waals surface area contributed by atoms with Crippen molar-refractivity contribution in [1.29, 1.82) is 0 Å². The van der Waals surface area contributed by atoms with Gasteiger partial charge in [-0.25, -0.2) is 23.1 Å². The Morgan fingerprint density at radius 3 is 2.56 bits per heavy atom. The lowest BCUT2D eigenvalue weighted by molar-refractivity contribution is -0.135. The van der Waals surface area contributed by atoms with E-state index in [0.29, 0.717) is 36.7 Å². The second-order valence-corrected chi connectivity index (χ2v) is 17.3. The molecule has 0 spiro atoms. The lowest BCUT2D eigenvalue weighted by Gasteiger charge is -2.36. The number of benzene rings is 1. The smallest absolute Gasteiger partial charge is 0.329 e. The number of nitrogens with one attached hydrogen (secondary N) is 2. The highest BCUT2D eigenvalue weighted by molar-refractivity contribution is 6.08. The number of carbonyl (C=O) groups is 3. The van der Waals surface area contributed by atoms with Crippen molar-refractivity contribution in [2.45, 2.75) is 88.6 Å². The highest BCUT2D eigenvalue weighted by Gasteiger charge is 2.40. The number of amides is 3. The minimum absolute atomic E-state index is 0.00266. The van der Waals surface area contributed by atoms with E-state index < -0.39 is 30.0 Å². The number of imide groups is 1. The summed E-state index contributed by atoms with van der Waals surface area (Å²) in [4.78, 5) is 63.2. The Kier molecular flexibility index (Phi) is 10.4. The number of fused-ring (bicyclic) bond motifs is 4. The number of aryl methyl sites for hydroxylation is 1. The molecule has 5 aliphatic rings. The fourth-order valence-electron chi connectivity index (χ4n) is 10.3. The summed E-state index contributed by atoms with van der Waals surface area (Å²) in [5.41, 5.74) is 2.38. The van der Waals surface area contributed by atoms with Gasteiger partial charge >= 0.3 is 5.69 Å². The maximum absolute atomic E-state index is 14.3. The first-order valence-corrected chi connectivity index (χ1v) is 21.5. The maximum Gasteiger partial charge on any atom is 0.329 e. The summed E-state index contributed by atoms with van der Waals surface area (Å²) in [6, 6.07) is 7.20. The predicted octanol–water partition coefficient (Wildman–Crippen LogP) is 3.66. The highest BCUT2D eigenvalue weighted by Crippen LogP contribution is 2.37. The molecule has 19 heteroatoms. The van der Waals surface area contributed by atoms with Gasteiger partial charge in [-0.15, -0.1) is 0 Å². The summed E-state index contributed by atoms with van der Waals surface area (Å²) in [6.45, 7) is 6.69. The highest BCUT2D eigenvalue weighted by atomic mass is 19.3. The summed E-state index contributed by atoms with van der Waals surface area (Å²) in [7, 11) is 1.74. The van der Waals surface area contributed by atoms with Crippen LogP contribution in [0.1, 0.15) is 91.5 Å². The molecule has 322 valence electrons. The number of nitrogens with zero attached hydrogens (tertiary/aromatic N) is 10. The third kappa shape index (κ3) is 7.49. The van der Waals surface area contributed by atoms with Gasteiger partial charge in [-0.2, -0.15) is 10.2 Å². The zero-order chi connectivity index (χ0) is 41.9. The van der Waals surface area contributed by atoms with Crippen LogP contribution < -0.4 is 21.2 Å². The van der Waals surface area contributed by atoms with Crippen LogP contribution in [-0.4, -0.2) is 119 Å². The van der Waals surface area contributed by atoms with E-state index in [9.17, 15) is 28.0 Å². The second-order valence-electron chi connectivity index (χ2n) is 17.3. The number of carbonyl (C=O) groups excluding carboxylic acids is 3. The van der Waals surface area contributed by atoms with E-state index in [1.165, 1.54) is 15.3 Å². The van der Waals surface area contributed by atoms with Crippen LogP contribution in [0.5, 0.6) is 0 Å². The van der Waals surface area contributed by atoms with Gasteiger partial charge in [-0.3, -0.25) is 38.4 Å². The zero-order valence-electron chi connectivity index (χ0n) is 34.1. The Balaban J connectivity index is 0.716. The molecule has 4 saturated heterocycles. The number of hydrogen-bond donors (Lipinski definition) is 2. The lowest BCUT2D eigenvalue weighted by Crippen LogP contribution is -2.46. The minimum Gasteiger partial charge on any atom is -0.374 e. The molecule has 0 radical (unpaired) electrons. The van der Waals surface area contributed by atoms with Crippen LogP contribution in [0, 0.1) is 5.92 Å². The minimum atomic E-state index is -2.86. The van der Waals surface area contributed by atoms with Gasteiger partial charge in [0.15, 0.2) is 11.3 Å². The number of ether oxygens (including phenoxy) is 1. The molecule has 5 fully saturated rings. The van der Waals surface area contributed by atoms with Gasteiger partial charge in [0.25, 0.3) is 12.3 Å². The lowest BCUT2D eigenvalue weighted by atomic mass is 9.84. The van der Waals surface area contributed by atoms with Gasteiger partial charge in [-0.1, -0.05) is 12.1 Å². The van der Waals surface area contributed by atoms with Crippen molar-refractivity contribution in [1.82, 2.24) is 48.6 Å². The standard InChI is InChI=1S/C42H50F2N12O5/c1-50-37-26(3-2-4-32(37)56(42(50)60)33-9-10-35(57)48-41(33)59)21-52-17-15-51(16-18-52)13-11-25-5-7-27(8-6-25)55-23-31(36(49-55)38(43)44)46-40(58)30-20-45-54-14-12-34(47-39(30)54)53-22-29-19-28(53)24-61-29/h2-4,12,14,20,23,25,27-29,33,38H,5-11,13,15-19,21-22,24H2,1H3,(H,46,58)(H,48,57,59)/t25?,27?,28-,29-,33?/m1/s1. The van der Waals surface area contributed by atoms with Crippen molar-refractivity contribution in [2.75, 3.05) is 56.1 Å². The van der Waals surface area contributed by atoms with Gasteiger partial charge < -0.3 is 19.9 Å². The Bertz CT molecular complexity index is 2550. The van der Waals surface area contributed by atoms with Crippen molar-refractivity contribution >= 4 is 45.9 Å². The van der Waals surface area contributed by atoms with Crippen molar-refractivity contribution in [3.05, 3.63) is 70.2 Å². The summed E-state index contributed by atoms with van der Waals surface area (Å²) >= 11 is 0. The van der Waals surface area contributed by atoms with Crippen LogP contribution in [0.2, 0.25) is 0 Å². The summed E-state index contributed by atoms with van der Waals surface area (Å²) in [5.74, 6) is -0.0547. The first-order valence-electron chi connectivity index (χ1n) is 21.5. The number of anilines is 2. The first-order chi connectivity index (χ1) is 29.6. The first kappa shape index (κ1) is 39.6. The summed E-state index contributed by atoms with van der Waals surface area (Å²) in [6.07, 6.45) is 8.12. The van der Waals surface area contributed by atoms with E-state index in [1.54, 1.807) is 28.7 Å². The Hall–Kier alpha value is -5.53. The normalized spacial score (nSPS) is 25.0. The van der Waals surface area contributed by atoms with E-state index in [0.717, 1.165) is 94.7 Å². The molecule has 1 aromatic carbocycles. The van der Waals surface area contributed by atoms with Crippen LogP contribution in [0.15, 0.2) is 47.7 Å². The maximum atomic E-state index is 14.3. The zero-order valence-corrected chi connectivity index (χ0v) is 34.1. The third-order valence-electron chi connectivity index (χ3n) is 13.6. The fraction of sp³-hybridized carbons (Fsp3) is 0.548. The van der Waals surface area contributed by atoms with Crippen molar-refractivity contribution in [2.24, 2.45) is 13.0 Å². The Labute approximate surface area is 349 Å². The van der Waals surface area contributed by atoms with Gasteiger partial charge in [0, 0.05) is 65.1 Å². The predicted molar refractivity (Wildman–Crippen MR) is 220 cm³/mol. The van der Waals surface area contributed by atoms with Crippen LogP contribution in [-0.2, 0) is 27.9 Å². The summed E-state index contributed by atoms with van der Waals surface area (Å²) < 4.78 is 40.6. The molecule has 17 nitrogen and oxygen atoms in total. The average molecular weight is 841 g/mol. The quantitative estimate of drug-likeness (QED) is 0.186. The van der Waals surface area contributed by atoms with Crippen LogP contribution in [0.25, 0.3) is 16.7 Å². The van der Waals surface area contributed by atoms with Gasteiger partial charge in [0.05, 0.1) is 47.7 Å². The van der Waals surface area contributed by atoms with Gasteiger partial charge in [0.2, 0.25) is 11.8 Å². The molecule has 1 aliphatic carbocycles. The number of imidazole rings is 1. The number of aromatic nitrogens is 7. The number of alkyl halides is 2. The number of para-hydroxylation sites is 1. The molecule has 5 aromatic rings. The molecule has 3 atom stereocenters. The number of piperidine rings is 1. The number of piperazine rings is 1. The van der Waals surface area contributed by atoms with Gasteiger partial charge in [-0.05, 0) is 75.1 Å². The van der Waals surface area contributed by atoms with Crippen molar-refractivity contribution in [3.8, 4) is 0 Å². The number of morpholine rings is 1. The Morgan fingerprint density at radius 2 is 1.82 bits per heavy atom. The molecule has 3 amide bonds. The Morgan fingerprint density at radius 1 is 1.02 bits per heavy atom. The van der Waals surface area contributed by atoms with E-state index >= 15 is 0 Å². The van der Waals surface area contributed by atoms with Crippen LogP contribution in [0.3, 0.4) is 0 Å².